The lowest BCUT2D eigenvalue weighted by molar-refractivity contribution is -0.145. The summed E-state index contributed by atoms with van der Waals surface area (Å²) in [5, 5.41) is 6.04. The van der Waals surface area contributed by atoms with E-state index in [1.54, 1.807) is 17.9 Å². The van der Waals surface area contributed by atoms with Gasteiger partial charge in [-0.2, -0.15) is 0 Å². The number of nitrogens with one attached hydrogen (secondary N) is 2. The van der Waals surface area contributed by atoms with E-state index in [-0.39, 0.29) is 49.7 Å². The van der Waals surface area contributed by atoms with Crippen molar-refractivity contribution in [2.75, 3.05) is 18.4 Å². The molecule has 0 radical (unpaired) electrons. The van der Waals surface area contributed by atoms with Crippen LogP contribution in [-0.2, 0) is 32.1 Å². The molecule has 1 aromatic heterocycles. The fourth-order valence-corrected chi connectivity index (χ4v) is 6.57. The Morgan fingerprint density at radius 2 is 1.81 bits per heavy atom. The van der Waals surface area contributed by atoms with Gasteiger partial charge in [0.05, 0.1) is 5.02 Å². The van der Waals surface area contributed by atoms with Gasteiger partial charge in [0, 0.05) is 44.1 Å². The van der Waals surface area contributed by atoms with E-state index in [9.17, 15) is 19.2 Å². The van der Waals surface area contributed by atoms with Gasteiger partial charge in [0.15, 0.2) is 0 Å². The predicted octanol–water partition coefficient (Wildman–Crippen LogP) is 3.09. The number of pyridine rings is 1. The number of carbonyl (C=O) groups excluding carboxylic acids is 4. The predicted molar refractivity (Wildman–Crippen MR) is 159 cm³/mol. The largest absolute Gasteiger partial charge is 0.342 e. The molecule has 11 heteroatoms. The summed E-state index contributed by atoms with van der Waals surface area (Å²) in [6.07, 6.45) is 7.41. The van der Waals surface area contributed by atoms with E-state index in [0.29, 0.717) is 17.3 Å². The van der Waals surface area contributed by atoms with Gasteiger partial charge in [-0.1, -0.05) is 35.9 Å². The molecule has 2 atom stereocenters. The maximum atomic E-state index is 13.7. The molecule has 2 fully saturated rings. The number of nitrogens with two attached hydrogens (primary N) is 1. The maximum Gasteiger partial charge on any atom is 0.248 e. The van der Waals surface area contributed by atoms with Crippen molar-refractivity contribution >= 4 is 41.0 Å². The molecular formula is C31H39ClN6O4. The van der Waals surface area contributed by atoms with E-state index >= 15 is 0 Å². The minimum atomic E-state index is -0.926. The number of hydrogen-bond acceptors (Lipinski definition) is 6. The topological polar surface area (TPSA) is 138 Å². The lowest BCUT2D eigenvalue weighted by Gasteiger charge is -2.46. The number of fused-ring (bicyclic) bond motifs is 1. The van der Waals surface area contributed by atoms with E-state index in [1.165, 1.54) is 6.20 Å². The van der Waals surface area contributed by atoms with Gasteiger partial charge in [-0.05, 0) is 74.8 Å². The highest BCUT2D eigenvalue weighted by atomic mass is 35.5. The maximum absolute atomic E-state index is 13.7. The number of amides is 4. The smallest absolute Gasteiger partial charge is 0.248 e. The third-order valence-corrected chi connectivity index (χ3v) is 9.39. The van der Waals surface area contributed by atoms with Crippen molar-refractivity contribution in [3.05, 3.63) is 58.2 Å². The third kappa shape index (κ3) is 6.29. The Labute approximate surface area is 251 Å². The molecule has 1 saturated carbocycles. The first-order valence-electron chi connectivity index (χ1n) is 14.8. The highest BCUT2D eigenvalue weighted by molar-refractivity contribution is 6.31. The van der Waals surface area contributed by atoms with Crippen LogP contribution in [0.1, 0.15) is 68.1 Å². The normalized spacial score (nSPS) is 19.5. The van der Waals surface area contributed by atoms with Crippen LogP contribution in [0.15, 0.2) is 36.5 Å². The Morgan fingerprint density at radius 1 is 1.10 bits per heavy atom. The number of anilines is 1. The number of likely N-dealkylation sites (tertiary alicyclic amines) is 1. The Balaban J connectivity index is 1.28. The van der Waals surface area contributed by atoms with E-state index in [4.69, 9.17) is 17.3 Å². The molecule has 10 nitrogen and oxygen atoms in total. The Bertz CT molecular complexity index is 1360. The van der Waals surface area contributed by atoms with E-state index in [1.807, 2.05) is 29.2 Å². The first-order chi connectivity index (χ1) is 20.2. The van der Waals surface area contributed by atoms with Gasteiger partial charge >= 0.3 is 0 Å². The Hall–Kier alpha value is -3.50. The van der Waals surface area contributed by atoms with Gasteiger partial charge in [0.25, 0.3) is 0 Å². The van der Waals surface area contributed by atoms with Crippen LogP contribution in [0.3, 0.4) is 0 Å². The van der Waals surface area contributed by atoms with Crippen LogP contribution in [0.2, 0.25) is 5.02 Å². The zero-order valence-electron chi connectivity index (χ0n) is 24.0. The van der Waals surface area contributed by atoms with E-state index in [0.717, 1.165) is 55.3 Å². The second-order valence-corrected chi connectivity index (χ2v) is 12.1. The number of rotatable bonds is 9. The Kier molecular flexibility index (Phi) is 9.13. The number of nitrogens with zero attached hydrogens (tertiary/aromatic N) is 3. The van der Waals surface area contributed by atoms with Crippen LogP contribution in [0.5, 0.6) is 0 Å². The SMILES string of the molecule is Cc1cc(NC(=O)[C@H](CCN)NC(=O)[C@@H]2Cc3ccccc3CN2C(=O)CCC(=O)N2CCCC23CCC3)ncc1Cl. The summed E-state index contributed by atoms with van der Waals surface area (Å²) in [5.41, 5.74) is 8.48. The summed E-state index contributed by atoms with van der Waals surface area (Å²) < 4.78 is 0. The molecular weight excluding hydrogens is 556 g/mol. The number of hydrogen-bond donors (Lipinski definition) is 3. The summed E-state index contributed by atoms with van der Waals surface area (Å²) in [5.74, 6) is -0.817. The minimum absolute atomic E-state index is 0.00538. The van der Waals surface area contributed by atoms with Crippen molar-refractivity contribution in [3.8, 4) is 0 Å². The summed E-state index contributed by atoms with van der Waals surface area (Å²) in [7, 11) is 0. The monoisotopic (exact) mass is 594 g/mol. The van der Waals surface area contributed by atoms with E-state index < -0.39 is 23.9 Å². The molecule has 2 aromatic rings. The standard InChI is InChI=1S/C31H39ClN6O4/c1-20-16-26(34-18-23(20)32)36-29(41)24(10-14-33)35-30(42)25-17-21-6-2-3-7-22(21)19-37(25)27(39)8-9-28(40)38-15-5-13-31(38)11-4-12-31/h2-3,6-7,16,18,24-25H,4-5,8-15,17,19,33H2,1H3,(H,35,42)(H,34,36,41)/t24-,25-/m0/s1. The number of benzene rings is 1. The molecule has 3 heterocycles. The zero-order chi connectivity index (χ0) is 29.9. The van der Waals surface area contributed by atoms with Crippen molar-refractivity contribution in [2.45, 2.75) is 88.9 Å². The molecule has 1 aliphatic carbocycles. The molecule has 0 bridgehead atoms. The van der Waals surface area contributed by atoms with Crippen LogP contribution in [0.25, 0.3) is 0 Å². The number of aryl methyl sites for hydroxylation is 1. The lowest BCUT2D eigenvalue weighted by Crippen LogP contribution is -2.56. The average molecular weight is 595 g/mol. The van der Waals surface area contributed by atoms with Crippen molar-refractivity contribution < 1.29 is 19.2 Å². The summed E-state index contributed by atoms with van der Waals surface area (Å²) in [4.78, 5) is 61.3. The van der Waals surface area contributed by atoms with Gasteiger partial charge < -0.3 is 26.2 Å². The quantitative estimate of drug-likeness (QED) is 0.408. The second kappa shape index (κ2) is 12.8. The molecule has 3 aliphatic rings. The van der Waals surface area contributed by atoms with Crippen LogP contribution >= 0.6 is 11.6 Å². The summed E-state index contributed by atoms with van der Waals surface area (Å²) in [6.45, 7) is 2.98. The molecule has 1 spiro atoms. The molecule has 1 aromatic carbocycles. The number of carbonyl (C=O) groups is 4. The molecule has 42 heavy (non-hydrogen) atoms. The van der Waals surface area contributed by atoms with E-state index in [2.05, 4.69) is 15.6 Å². The van der Waals surface area contributed by atoms with Crippen molar-refractivity contribution in [1.29, 1.82) is 0 Å². The second-order valence-electron chi connectivity index (χ2n) is 11.7. The van der Waals surface area contributed by atoms with Gasteiger partial charge in [-0.15, -0.1) is 0 Å². The highest BCUT2D eigenvalue weighted by Crippen LogP contribution is 2.45. The van der Waals surface area contributed by atoms with Crippen LogP contribution < -0.4 is 16.4 Å². The van der Waals surface area contributed by atoms with Crippen molar-refractivity contribution in [3.63, 3.8) is 0 Å². The van der Waals surface area contributed by atoms with Crippen molar-refractivity contribution in [1.82, 2.24) is 20.1 Å². The fourth-order valence-electron chi connectivity index (χ4n) is 6.47. The molecule has 4 N–H and O–H groups in total. The molecule has 5 rings (SSSR count). The van der Waals surface area contributed by atoms with Crippen LogP contribution in [-0.4, -0.2) is 69.1 Å². The van der Waals surface area contributed by atoms with Crippen LogP contribution in [0, 0.1) is 6.92 Å². The van der Waals surface area contributed by atoms with Gasteiger partial charge in [-0.3, -0.25) is 19.2 Å². The first kappa shape index (κ1) is 30.0. The molecule has 4 amide bonds. The first-order valence-corrected chi connectivity index (χ1v) is 15.2. The molecule has 224 valence electrons. The van der Waals surface area contributed by atoms with Crippen LogP contribution in [0.4, 0.5) is 5.82 Å². The highest BCUT2D eigenvalue weighted by Gasteiger charge is 2.47. The molecule has 0 unspecified atom stereocenters. The van der Waals surface area contributed by atoms with Gasteiger partial charge in [-0.25, -0.2) is 4.98 Å². The number of aromatic nitrogens is 1. The fraction of sp³-hybridized carbons (Fsp3) is 0.516. The lowest BCUT2D eigenvalue weighted by atomic mass is 9.75. The Morgan fingerprint density at radius 3 is 2.50 bits per heavy atom. The molecule has 1 saturated heterocycles. The molecule has 2 aliphatic heterocycles. The summed E-state index contributed by atoms with van der Waals surface area (Å²) in [6, 6.07) is 7.61. The average Bonchev–Trinajstić information content (AvgIpc) is 3.43. The number of halogens is 1. The van der Waals surface area contributed by atoms with Gasteiger partial charge in [0.1, 0.15) is 17.9 Å². The zero-order valence-corrected chi connectivity index (χ0v) is 24.8. The third-order valence-electron chi connectivity index (χ3n) is 8.99. The summed E-state index contributed by atoms with van der Waals surface area (Å²) >= 11 is 6.05. The van der Waals surface area contributed by atoms with Crippen molar-refractivity contribution in [2.24, 2.45) is 5.73 Å². The van der Waals surface area contributed by atoms with Gasteiger partial charge in [0.2, 0.25) is 23.6 Å². The minimum Gasteiger partial charge on any atom is -0.342 e.